The number of hydrogen-bond acceptors (Lipinski definition) is 3. The summed E-state index contributed by atoms with van der Waals surface area (Å²) >= 11 is 0. The van der Waals surface area contributed by atoms with E-state index in [-0.39, 0.29) is 11.8 Å². The number of aryl methyl sites for hydroxylation is 2. The first kappa shape index (κ1) is 18.9. The van der Waals surface area contributed by atoms with Crippen LogP contribution in [0.1, 0.15) is 49.7 Å². The Hall–Kier alpha value is -1.40. The van der Waals surface area contributed by atoms with Crippen molar-refractivity contribution in [3.05, 3.63) is 29.3 Å². The van der Waals surface area contributed by atoms with Crippen LogP contribution in [0.3, 0.4) is 0 Å². The summed E-state index contributed by atoms with van der Waals surface area (Å²) in [6, 6.07) is 5.82. The number of carbonyl (C=O) groups excluding carboxylic acids is 1. The zero-order valence-corrected chi connectivity index (χ0v) is 17.1. The predicted octanol–water partition coefficient (Wildman–Crippen LogP) is 3.01. The summed E-state index contributed by atoms with van der Waals surface area (Å²) in [5.41, 5.74) is 1.84. The van der Waals surface area contributed by atoms with E-state index in [1.54, 1.807) is 10.4 Å². The van der Waals surface area contributed by atoms with Crippen molar-refractivity contribution in [2.75, 3.05) is 13.1 Å². The molecule has 27 heavy (non-hydrogen) atoms. The van der Waals surface area contributed by atoms with Crippen molar-refractivity contribution in [2.24, 2.45) is 17.8 Å². The van der Waals surface area contributed by atoms with Gasteiger partial charge in [-0.05, 0) is 75.8 Å². The van der Waals surface area contributed by atoms with Gasteiger partial charge in [0.05, 0.1) is 4.90 Å². The molecule has 0 atom stereocenters. The number of amides is 1. The van der Waals surface area contributed by atoms with Crippen molar-refractivity contribution >= 4 is 15.9 Å². The summed E-state index contributed by atoms with van der Waals surface area (Å²) in [7, 11) is -3.49. The third-order valence-electron chi connectivity index (χ3n) is 6.34. The smallest absolute Gasteiger partial charge is 0.243 e. The summed E-state index contributed by atoms with van der Waals surface area (Å²) in [5.74, 6) is 1.45. The molecule has 1 N–H and O–H groups in total. The number of sulfonamides is 1. The molecule has 3 aliphatic rings. The highest BCUT2D eigenvalue weighted by atomic mass is 32.2. The van der Waals surface area contributed by atoms with Gasteiger partial charge >= 0.3 is 0 Å². The van der Waals surface area contributed by atoms with Crippen molar-refractivity contribution in [1.82, 2.24) is 9.62 Å². The van der Waals surface area contributed by atoms with Crippen LogP contribution in [0.15, 0.2) is 23.1 Å². The van der Waals surface area contributed by atoms with Crippen LogP contribution in [0.25, 0.3) is 0 Å². The average molecular weight is 391 g/mol. The molecule has 1 aromatic rings. The number of carbonyl (C=O) groups is 1. The van der Waals surface area contributed by atoms with Gasteiger partial charge < -0.3 is 5.32 Å². The van der Waals surface area contributed by atoms with Gasteiger partial charge in [0.15, 0.2) is 0 Å². The van der Waals surface area contributed by atoms with Crippen LogP contribution >= 0.6 is 0 Å². The van der Waals surface area contributed by atoms with Crippen LogP contribution in [0, 0.1) is 31.6 Å². The van der Waals surface area contributed by atoms with Crippen LogP contribution in [0.2, 0.25) is 0 Å². The molecule has 1 saturated heterocycles. The first-order chi connectivity index (χ1) is 12.9. The van der Waals surface area contributed by atoms with E-state index in [9.17, 15) is 13.2 Å². The molecule has 0 radical (unpaired) electrons. The van der Waals surface area contributed by atoms with Crippen molar-refractivity contribution in [3.63, 3.8) is 0 Å². The van der Waals surface area contributed by atoms with Crippen LogP contribution < -0.4 is 5.32 Å². The fourth-order valence-electron chi connectivity index (χ4n) is 4.40. The van der Waals surface area contributed by atoms with Gasteiger partial charge in [-0.3, -0.25) is 4.79 Å². The third kappa shape index (κ3) is 4.06. The lowest BCUT2D eigenvalue weighted by Crippen LogP contribution is -2.46. The van der Waals surface area contributed by atoms with E-state index in [1.807, 2.05) is 26.0 Å². The summed E-state index contributed by atoms with van der Waals surface area (Å²) in [6.45, 7) is 4.65. The van der Waals surface area contributed by atoms with E-state index in [2.05, 4.69) is 5.32 Å². The SMILES string of the molecule is Cc1ccc(S(=O)(=O)N2CCC(C(=O)NC(C3CC3)C3CC3)CC2)c(C)c1. The number of rotatable bonds is 6. The summed E-state index contributed by atoms with van der Waals surface area (Å²) in [4.78, 5) is 13.1. The van der Waals surface area contributed by atoms with E-state index >= 15 is 0 Å². The highest BCUT2D eigenvalue weighted by Gasteiger charge is 2.43. The van der Waals surface area contributed by atoms with E-state index in [0.717, 1.165) is 11.1 Å². The first-order valence-electron chi connectivity index (χ1n) is 10.2. The molecule has 1 aromatic carbocycles. The zero-order chi connectivity index (χ0) is 19.2. The summed E-state index contributed by atoms with van der Waals surface area (Å²) in [5, 5.41) is 3.30. The molecule has 5 nitrogen and oxygen atoms in total. The molecule has 4 rings (SSSR count). The molecule has 1 amide bonds. The molecule has 0 spiro atoms. The number of benzene rings is 1. The Labute approximate surface area is 162 Å². The van der Waals surface area contributed by atoms with Crippen LogP contribution in [-0.4, -0.2) is 37.8 Å². The maximum Gasteiger partial charge on any atom is 0.243 e. The molecule has 2 saturated carbocycles. The lowest BCUT2D eigenvalue weighted by Gasteiger charge is -2.32. The minimum absolute atomic E-state index is 0.0597. The Bertz CT molecular complexity index is 808. The molecule has 0 bridgehead atoms. The van der Waals surface area contributed by atoms with Gasteiger partial charge in [-0.1, -0.05) is 17.7 Å². The highest BCUT2D eigenvalue weighted by Crippen LogP contribution is 2.44. The van der Waals surface area contributed by atoms with E-state index < -0.39 is 10.0 Å². The molecule has 6 heteroatoms. The molecule has 148 valence electrons. The Morgan fingerprint density at radius 1 is 1.04 bits per heavy atom. The Morgan fingerprint density at radius 2 is 1.63 bits per heavy atom. The second kappa shape index (κ2) is 7.21. The lowest BCUT2D eigenvalue weighted by molar-refractivity contribution is -0.127. The first-order valence-corrected chi connectivity index (χ1v) is 11.7. The maximum absolute atomic E-state index is 13.0. The van der Waals surface area contributed by atoms with Gasteiger partial charge in [0, 0.05) is 25.0 Å². The number of hydrogen-bond donors (Lipinski definition) is 1. The fraction of sp³-hybridized carbons (Fsp3) is 0.667. The van der Waals surface area contributed by atoms with Gasteiger partial charge in [-0.2, -0.15) is 4.31 Å². The van der Waals surface area contributed by atoms with Crippen molar-refractivity contribution in [3.8, 4) is 0 Å². The molecular weight excluding hydrogens is 360 g/mol. The Balaban J connectivity index is 1.37. The topological polar surface area (TPSA) is 66.5 Å². The third-order valence-corrected chi connectivity index (χ3v) is 8.40. The molecule has 3 fully saturated rings. The Kier molecular flexibility index (Phi) is 5.06. The summed E-state index contributed by atoms with van der Waals surface area (Å²) < 4.78 is 27.5. The number of nitrogens with one attached hydrogen (secondary N) is 1. The highest BCUT2D eigenvalue weighted by molar-refractivity contribution is 7.89. The van der Waals surface area contributed by atoms with Gasteiger partial charge in [-0.25, -0.2) is 8.42 Å². The molecule has 0 unspecified atom stereocenters. The molecule has 2 aliphatic carbocycles. The molecule has 1 aliphatic heterocycles. The van der Waals surface area contributed by atoms with Crippen LogP contribution in [0.5, 0.6) is 0 Å². The maximum atomic E-state index is 13.0. The Morgan fingerprint density at radius 3 is 2.15 bits per heavy atom. The van der Waals surface area contributed by atoms with Gasteiger partial charge in [-0.15, -0.1) is 0 Å². The minimum atomic E-state index is -3.49. The van der Waals surface area contributed by atoms with Crippen LogP contribution in [0.4, 0.5) is 0 Å². The number of piperidine rings is 1. The van der Waals surface area contributed by atoms with Crippen molar-refractivity contribution < 1.29 is 13.2 Å². The average Bonchev–Trinajstić information content (AvgIpc) is 3.53. The zero-order valence-electron chi connectivity index (χ0n) is 16.3. The van der Waals surface area contributed by atoms with E-state index in [1.165, 1.54) is 25.7 Å². The quantitative estimate of drug-likeness (QED) is 0.812. The van der Waals surface area contributed by atoms with Gasteiger partial charge in [0.2, 0.25) is 15.9 Å². The largest absolute Gasteiger partial charge is 0.353 e. The summed E-state index contributed by atoms with van der Waals surface area (Å²) in [6.07, 6.45) is 6.19. The monoisotopic (exact) mass is 390 g/mol. The van der Waals surface area contributed by atoms with Gasteiger partial charge in [0.1, 0.15) is 0 Å². The van der Waals surface area contributed by atoms with Crippen molar-refractivity contribution in [1.29, 1.82) is 0 Å². The van der Waals surface area contributed by atoms with E-state index in [4.69, 9.17) is 0 Å². The second-order valence-electron chi connectivity index (χ2n) is 8.66. The second-order valence-corrected chi connectivity index (χ2v) is 10.6. The standard InChI is InChI=1S/C21H30N2O3S/c1-14-3-8-19(15(2)13-14)27(25,26)23-11-9-18(10-12-23)21(24)22-20(16-4-5-16)17-6-7-17/h3,8,13,16-18,20H,4-7,9-12H2,1-2H3,(H,22,24). The van der Waals surface area contributed by atoms with Crippen molar-refractivity contribution in [2.45, 2.75) is 63.3 Å². The molecule has 1 heterocycles. The minimum Gasteiger partial charge on any atom is -0.353 e. The fourth-order valence-corrected chi connectivity index (χ4v) is 6.08. The predicted molar refractivity (Wildman–Crippen MR) is 105 cm³/mol. The lowest BCUT2D eigenvalue weighted by atomic mass is 9.96. The van der Waals surface area contributed by atoms with Crippen LogP contribution in [-0.2, 0) is 14.8 Å². The van der Waals surface area contributed by atoms with Gasteiger partial charge in [0.25, 0.3) is 0 Å². The number of nitrogens with zero attached hydrogens (tertiary/aromatic N) is 1. The van der Waals surface area contributed by atoms with E-state index in [0.29, 0.717) is 48.7 Å². The molecule has 0 aromatic heterocycles. The normalized spacial score (nSPS) is 22.2. The molecular formula is C21H30N2O3S.